The normalized spacial score (nSPS) is 24.1. The molecule has 2 atom stereocenters. The summed E-state index contributed by atoms with van der Waals surface area (Å²) >= 11 is 0. The Morgan fingerprint density at radius 3 is 2.59 bits per heavy atom. The lowest BCUT2D eigenvalue weighted by Crippen LogP contribution is -2.23. The number of rotatable bonds is 2. The summed E-state index contributed by atoms with van der Waals surface area (Å²) in [6.07, 6.45) is 5.25. The van der Waals surface area contributed by atoms with Crippen molar-refractivity contribution in [1.82, 2.24) is 4.90 Å². The lowest BCUT2D eigenvalue weighted by Gasteiger charge is -2.32. The Bertz CT molecular complexity index is 759. The zero-order valence-electron chi connectivity index (χ0n) is 13.3. The van der Waals surface area contributed by atoms with E-state index < -0.39 is 0 Å². The molecule has 2 aromatic rings. The summed E-state index contributed by atoms with van der Waals surface area (Å²) in [5.74, 6) is 1.42. The minimum Gasteiger partial charge on any atom is -0.380 e. The van der Waals surface area contributed by atoms with Gasteiger partial charge in [-0.2, -0.15) is 0 Å². The standard InChI is InChI=1S/C20H22FN/c1-22(2)20-17-4-3-13(9-17)10-19(20)16-6-5-15-12-18(21)8-7-14(15)11-16/h5-8,11-13,17H,3-4,9-10H2,1-2H3. The highest BCUT2D eigenvalue weighted by molar-refractivity contribution is 5.87. The Balaban J connectivity index is 1.85. The minimum absolute atomic E-state index is 0.163. The van der Waals surface area contributed by atoms with Crippen LogP contribution in [0.1, 0.15) is 31.2 Å². The summed E-state index contributed by atoms with van der Waals surface area (Å²) in [5.41, 5.74) is 4.35. The molecule has 2 unspecified atom stereocenters. The summed E-state index contributed by atoms with van der Waals surface area (Å²) in [6.45, 7) is 0. The van der Waals surface area contributed by atoms with Crippen LogP contribution >= 0.6 is 0 Å². The molecular formula is C20H22FN. The van der Waals surface area contributed by atoms with Gasteiger partial charge in [-0.25, -0.2) is 4.39 Å². The molecule has 2 aliphatic rings. The number of benzene rings is 2. The van der Waals surface area contributed by atoms with Gasteiger partial charge in [0.15, 0.2) is 0 Å². The van der Waals surface area contributed by atoms with Crippen molar-refractivity contribution in [2.45, 2.75) is 25.7 Å². The average molecular weight is 295 g/mol. The van der Waals surface area contributed by atoms with E-state index >= 15 is 0 Å². The van der Waals surface area contributed by atoms with Crippen LogP contribution in [0.3, 0.4) is 0 Å². The fourth-order valence-electron chi connectivity index (χ4n) is 4.45. The number of fused-ring (bicyclic) bond motifs is 3. The van der Waals surface area contributed by atoms with E-state index in [0.717, 1.165) is 22.6 Å². The molecule has 2 bridgehead atoms. The molecule has 0 saturated heterocycles. The van der Waals surface area contributed by atoms with E-state index in [9.17, 15) is 4.39 Å². The van der Waals surface area contributed by atoms with E-state index in [4.69, 9.17) is 0 Å². The first-order valence-corrected chi connectivity index (χ1v) is 8.22. The van der Waals surface area contributed by atoms with Gasteiger partial charge in [0.25, 0.3) is 0 Å². The third-order valence-corrected chi connectivity index (χ3v) is 5.36. The first-order valence-electron chi connectivity index (χ1n) is 8.22. The van der Waals surface area contributed by atoms with Gasteiger partial charge in [-0.1, -0.05) is 18.2 Å². The molecule has 0 radical (unpaired) electrons. The van der Waals surface area contributed by atoms with Crippen LogP contribution in [0.4, 0.5) is 4.39 Å². The second-order valence-corrected chi connectivity index (χ2v) is 7.04. The molecule has 4 rings (SSSR count). The SMILES string of the molecule is CN(C)C1=C(c2ccc3cc(F)ccc3c2)CC2CCC1C2. The average Bonchev–Trinajstić information content (AvgIpc) is 2.87. The van der Waals surface area contributed by atoms with Crippen LogP contribution in [0.5, 0.6) is 0 Å². The summed E-state index contributed by atoms with van der Waals surface area (Å²) in [7, 11) is 4.34. The van der Waals surface area contributed by atoms with Gasteiger partial charge in [0.1, 0.15) is 5.82 Å². The lowest BCUT2D eigenvalue weighted by molar-refractivity contribution is 0.393. The van der Waals surface area contributed by atoms with Crippen LogP contribution in [0.25, 0.3) is 16.3 Å². The highest BCUT2D eigenvalue weighted by Gasteiger charge is 2.35. The fourth-order valence-corrected chi connectivity index (χ4v) is 4.45. The summed E-state index contributed by atoms with van der Waals surface area (Å²) in [4.78, 5) is 2.32. The van der Waals surface area contributed by atoms with Crippen molar-refractivity contribution in [3.05, 3.63) is 53.5 Å². The predicted octanol–water partition coefficient (Wildman–Crippen LogP) is 5.07. The molecule has 0 heterocycles. The molecule has 1 nitrogen and oxygen atoms in total. The molecule has 2 heteroatoms. The van der Waals surface area contributed by atoms with E-state index in [1.165, 1.54) is 42.5 Å². The van der Waals surface area contributed by atoms with Crippen LogP contribution in [0, 0.1) is 17.7 Å². The maximum atomic E-state index is 13.4. The number of halogens is 1. The summed E-state index contributed by atoms with van der Waals surface area (Å²) in [5, 5.41) is 2.11. The molecular weight excluding hydrogens is 273 g/mol. The van der Waals surface area contributed by atoms with Crippen LogP contribution in [-0.4, -0.2) is 19.0 Å². The smallest absolute Gasteiger partial charge is 0.123 e. The molecule has 0 aliphatic heterocycles. The Morgan fingerprint density at radius 2 is 1.77 bits per heavy atom. The van der Waals surface area contributed by atoms with Crippen molar-refractivity contribution in [2.75, 3.05) is 14.1 Å². The largest absolute Gasteiger partial charge is 0.380 e. The van der Waals surface area contributed by atoms with Crippen LogP contribution in [-0.2, 0) is 0 Å². The number of nitrogens with zero attached hydrogens (tertiary/aromatic N) is 1. The second kappa shape index (κ2) is 5.12. The molecule has 22 heavy (non-hydrogen) atoms. The van der Waals surface area contributed by atoms with Crippen molar-refractivity contribution in [2.24, 2.45) is 11.8 Å². The molecule has 114 valence electrons. The number of hydrogen-bond donors (Lipinski definition) is 0. The molecule has 0 spiro atoms. The summed E-state index contributed by atoms with van der Waals surface area (Å²) in [6, 6.07) is 11.5. The molecule has 0 aromatic heterocycles. The van der Waals surface area contributed by atoms with Crippen molar-refractivity contribution >= 4 is 16.3 Å². The molecule has 0 amide bonds. The van der Waals surface area contributed by atoms with Crippen LogP contribution in [0.15, 0.2) is 42.1 Å². The van der Waals surface area contributed by atoms with Gasteiger partial charge in [0.05, 0.1) is 0 Å². The Kier molecular flexibility index (Phi) is 3.21. The van der Waals surface area contributed by atoms with Crippen molar-refractivity contribution in [1.29, 1.82) is 0 Å². The maximum Gasteiger partial charge on any atom is 0.123 e. The third kappa shape index (κ3) is 2.22. The maximum absolute atomic E-state index is 13.4. The fraction of sp³-hybridized carbons (Fsp3) is 0.400. The van der Waals surface area contributed by atoms with Gasteiger partial charge < -0.3 is 4.90 Å². The van der Waals surface area contributed by atoms with Gasteiger partial charge in [-0.15, -0.1) is 0 Å². The highest BCUT2D eigenvalue weighted by atomic mass is 19.1. The third-order valence-electron chi connectivity index (χ3n) is 5.36. The first-order chi connectivity index (χ1) is 10.6. The quantitative estimate of drug-likeness (QED) is 0.747. The molecule has 1 saturated carbocycles. The highest BCUT2D eigenvalue weighted by Crippen LogP contribution is 2.48. The predicted molar refractivity (Wildman–Crippen MR) is 90.0 cm³/mol. The van der Waals surface area contributed by atoms with Crippen molar-refractivity contribution in [3.8, 4) is 0 Å². The Labute approximate surface area is 131 Å². The van der Waals surface area contributed by atoms with E-state index in [2.05, 4.69) is 37.2 Å². The molecule has 2 aliphatic carbocycles. The van der Waals surface area contributed by atoms with E-state index in [0.29, 0.717) is 0 Å². The summed E-state index contributed by atoms with van der Waals surface area (Å²) < 4.78 is 13.4. The zero-order chi connectivity index (χ0) is 15.3. The lowest BCUT2D eigenvalue weighted by atomic mass is 9.82. The Morgan fingerprint density at radius 1 is 1.00 bits per heavy atom. The van der Waals surface area contributed by atoms with Gasteiger partial charge >= 0.3 is 0 Å². The number of allylic oxidation sites excluding steroid dienone is 2. The van der Waals surface area contributed by atoms with Gasteiger partial charge in [-0.05, 0) is 77.6 Å². The van der Waals surface area contributed by atoms with E-state index in [1.54, 1.807) is 12.1 Å². The van der Waals surface area contributed by atoms with Crippen molar-refractivity contribution < 1.29 is 4.39 Å². The second-order valence-electron chi connectivity index (χ2n) is 7.04. The Hall–Kier alpha value is -1.83. The monoisotopic (exact) mass is 295 g/mol. The molecule has 0 N–H and O–H groups in total. The first kappa shape index (κ1) is 13.8. The minimum atomic E-state index is -0.163. The van der Waals surface area contributed by atoms with Gasteiger partial charge in [0.2, 0.25) is 0 Å². The molecule has 1 fully saturated rings. The van der Waals surface area contributed by atoms with E-state index in [-0.39, 0.29) is 5.82 Å². The van der Waals surface area contributed by atoms with Gasteiger partial charge in [0, 0.05) is 19.8 Å². The van der Waals surface area contributed by atoms with Crippen LogP contribution < -0.4 is 0 Å². The zero-order valence-corrected chi connectivity index (χ0v) is 13.3. The van der Waals surface area contributed by atoms with Crippen LogP contribution in [0.2, 0.25) is 0 Å². The van der Waals surface area contributed by atoms with Gasteiger partial charge in [-0.3, -0.25) is 0 Å². The topological polar surface area (TPSA) is 3.24 Å². The molecule has 2 aromatic carbocycles. The number of hydrogen-bond acceptors (Lipinski definition) is 1. The van der Waals surface area contributed by atoms with Crippen molar-refractivity contribution in [3.63, 3.8) is 0 Å². The van der Waals surface area contributed by atoms with E-state index in [1.807, 2.05) is 6.07 Å².